The van der Waals surface area contributed by atoms with Crippen LogP contribution >= 0.6 is 0 Å². The van der Waals surface area contributed by atoms with E-state index in [0.717, 1.165) is 15.1 Å². The lowest BCUT2D eigenvalue weighted by atomic mass is 10.1. The molecule has 0 spiro atoms. The van der Waals surface area contributed by atoms with Crippen molar-refractivity contribution < 1.29 is 22.4 Å². The fraction of sp³-hybridized carbons (Fsp3) is 0.357. The van der Waals surface area contributed by atoms with Crippen molar-refractivity contribution in [1.82, 2.24) is 14.5 Å². The summed E-state index contributed by atoms with van der Waals surface area (Å²) in [5, 5.41) is 4.58. The van der Waals surface area contributed by atoms with Gasteiger partial charge in [0.2, 0.25) is 21.8 Å². The summed E-state index contributed by atoms with van der Waals surface area (Å²) in [5.41, 5.74) is 0.0995. The second kappa shape index (κ2) is 11.4. The number of amides is 2. The number of benzene rings is 3. The number of halogens is 1. The number of carbonyl (C=O) groups is 2. The van der Waals surface area contributed by atoms with Gasteiger partial charge in [-0.1, -0.05) is 49.4 Å². The third-order valence-corrected chi connectivity index (χ3v) is 7.74. The van der Waals surface area contributed by atoms with Gasteiger partial charge in [-0.05, 0) is 67.8 Å². The number of hydrogen-bond donors (Lipinski definition) is 1. The number of nitrogens with zero attached hydrogens (tertiary/aromatic N) is 2. The van der Waals surface area contributed by atoms with Gasteiger partial charge in [-0.2, -0.15) is 4.31 Å². The van der Waals surface area contributed by atoms with E-state index in [9.17, 15) is 22.4 Å². The quantitative estimate of drug-likeness (QED) is 0.449. The molecule has 0 aliphatic carbocycles. The molecule has 1 atom stereocenters. The van der Waals surface area contributed by atoms with Gasteiger partial charge in [0, 0.05) is 19.1 Å². The number of nitrogens with one attached hydrogen (secondary N) is 1. The molecule has 0 saturated carbocycles. The summed E-state index contributed by atoms with van der Waals surface area (Å²) in [6.45, 7) is 6.87. The first-order valence-corrected chi connectivity index (χ1v) is 13.6. The van der Waals surface area contributed by atoms with E-state index in [2.05, 4.69) is 5.32 Å². The summed E-state index contributed by atoms with van der Waals surface area (Å²) in [6.07, 6.45) is 0.315. The predicted octanol–water partition coefficient (Wildman–Crippen LogP) is 4.32. The van der Waals surface area contributed by atoms with Gasteiger partial charge in [-0.15, -0.1) is 0 Å². The van der Waals surface area contributed by atoms with E-state index in [1.807, 2.05) is 45.0 Å². The molecule has 0 radical (unpaired) electrons. The van der Waals surface area contributed by atoms with Gasteiger partial charge in [0.05, 0.1) is 11.4 Å². The molecule has 1 N–H and O–H groups in total. The zero-order valence-corrected chi connectivity index (χ0v) is 22.7. The minimum Gasteiger partial charge on any atom is -0.350 e. The Morgan fingerprint density at radius 1 is 0.973 bits per heavy atom. The molecular weight excluding hydrogens is 493 g/mol. The van der Waals surface area contributed by atoms with Gasteiger partial charge in [0.15, 0.2) is 0 Å². The molecule has 0 aliphatic rings. The molecule has 9 heteroatoms. The minimum absolute atomic E-state index is 0.0268. The lowest BCUT2D eigenvalue weighted by Gasteiger charge is -2.34. The van der Waals surface area contributed by atoms with Crippen LogP contribution in [0.4, 0.5) is 4.39 Å². The first-order valence-electron chi connectivity index (χ1n) is 12.1. The minimum atomic E-state index is -3.98. The molecule has 37 heavy (non-hydrogen) atoms. The Morgan fingerprint density at radius 2 is 1.59 bits per heavy atom. The number of fused-ring (bicyclic) bond motifs is 1. The van der Waals surface area contributed by atoms with Crippen LogP contribution in [0.25, 0.3) is 10.8 Å². The van der Waals surface area contributed by atoms with E-state index in [-0.39, 0.29) is 17.3 Å². The topological polar surface area (TPSA) is 86.8 Å². The van der Waals surface area contributed by atoms with Crippen LogP contribution in [-0.2, 0) is 26.2 Å². The highest BCUT2D eigenvalue weighted by molar-refractivity contribution is 7.89. The first kappa shape index (κ1) is 28.3. The van der Waals surface area contributed by atoms with E-state index in [1.165, 1.54) is 30.1 Å². The fourth-order valence-corrected chi connectivity index (χ4v) is 5.19. The summed E-state index contributed by atoms with van der Waals surface area (Å²) in [5.74, 6) is -1.29. The van der Waals surface area contributed by atoms with Gasteiger partial charge in [0.25, 0.3) is 0 Å². The maximum Gasteiger partial charge on any atom is 0.243 e. The van der Waals surface area contributed by atoms with Gasteiger partial charge >= 0.3 is 0 Å². The zero-order chi connectivity index (χ0) is 27.4. The van der Waals surface area contributed by atoms with Gasteiger partial charge in [-0.3, -0.25) is 9.59 Å². The van der Waals surface area contributed by atoms with Crippen LogP contribution in [0.15, 0.2) is 71.6 Å². The van der Waals surface area contributed by atoms with E-state index < -0.39 is 39.9 Å². The Kier molecular flexibility index (Phi) is 8.71. The number of sulfonamides is 1. The average molecular weight is 528 g/mol. The molecule has 3 aromatic carbocycles. The van der Waals surface area contributed by atoms with E-state index >= 15 is 0 Å². The molecule has 0 aromatic heterocycles. The van der Waals surface area contributed by atoms with Gasteiger partial charge < -0.3 is 10.2 Å². The third-order valence-electron chi connectivity index (χ3n) is 5.94. The van der Waals surface area contributed by atoms with E-state index in [0.29, 0.717) is 12.0 Å². The van der Waals surface area contributed by atoms with Crippen LogP contribution < -0.4 is 5.32 Å². The Labute approximate surface area is 218 Å². The molecule has 198 valence electrons. The van der Waals surface area contributed by atoms with Gasteiger partial charge in [-0.25, -0.2) is 12.8 Å². The van der Waals surface area contributed by atoms with Crippen molar-refractivity contribution in [3.05, 3.63) is 78.1 Å². The summed E-state index contributed by atoms with van der Waals surface area (Å²) in [7, 11) is -2.64. The highest BCUT2D eigenvalue weighted by atomic mass is 32.2. The molecule has 0 aliphatic heterocycles. The van der Waals surface area contributed by atoms with E-state index in [1.54, 1.807) is 31.2 Å². The summed E-state index contributed by atoms with van der Waals surface area (Å²) in [6, 6.07) is 17.0. The monoisotopic (exact) mass is 527 g/mol. The smallest absolute Gasteiger partial charge is 0.243 e. The molecule has 3 aromatic rings. The maximum atomic E-state index is 13.6. The largest absolute Gasteiger partial charge is 0.350 e. The van der Waals surface area contributed by atoms with Gasteiger partial charge in [0.1, 0.15) is 11.9 Å². The van der Waals surface area contributed by atoms with Crippen molar-refractivity contribution in [3.8, 4) is 0 Å². The fourth-order valence-electron chi connectivity index (χ4n) is 4.03. The second-order valence-corrected chi connectivity index (χ2v) is 12.1. The first-order chi connectivity index (χ1) is 17.3. The zero-order valence-electron chi connectivity index (χ0n) is 21.9. The summed E-state index contributed by atoms with van der Waals surface area (Å²) in [4.78, 5) is 28.1. The second-order valence-electron chi connectivity index (χ2n) is 10.1. The highest BCUT2D eigenvalue weighted by Crippen LogP contribution is 2.22. The maximum absolute atomic E-state index is 13.6. The predicted molar refractivity (Wildman–Crippen MR) is 143 cm³/mol. The molecular formula is C28H34FN3O4S. The van der Waals surface area contributed by atoms with Crippen LogP contribution in [0.2, 0.25) is 0 Å². The van der Waals surface area contributed by atoms with Crippen molar-refractivity contribution in [2.24, 2.45) is 0 Å². The molecule has 0 bridgehead atoms. The lowest BCUT2D eigenvalue weighted by molar-refractivity contribution is -0.142. The van der Waals surface area contributed by atoms with E-state index in [4.69, 9.17) is 0 Å². The standard InChI is InChI=1S/C28H34FN3O4S/c1-6-25(27(34)30-28(2,3)4)32(18-20-11-14-23(29)15-12-20)26(33)19-31(5)37(35,36)24-16-13-21-9-7-8-10-22(21)17-24/h7-17,25H,6,18-19H2,1-5H3,(H,30,34). The molecule has 3 rings (SSSR count). The SMILES string of the molecule is CCC(C(=O)NC(C)(C)C)N(Cc1ccc(F)cc1)C(=O)CN(C)S(=O)(=O)c1ccc2ccccc2c1. The molecule has 7 nitrogen and oxygen atoms in total. The number of carbonyl (C=O) groups excluding carboxylic acids is 2. The summed E-state index contributed by atoms with van der Waals surface area (Å²) < 4.78 is 41.1. The summed E-state index contributed by atoms with van der Waals surface area (Å²) >= 11 is 0. The van der Waals surface area contributed by atoms with Crippen molar-refractivity contribution >= 4 is 32.6 Å². The molecule has 0 heterocycles. The number of likely N-dealkylation sites (N-methyl/N-ethyl adjacent to an activating group) is 1. The molecule has 0 fully saturated rings. The van der Waals surface area contributed by atoms with Crippen LogP contribution in [0, 0.1) is 5.82 Å². The molecule has 0 saturated heterocycles. The van der Waals surface area contributed by atoms with Crippen LogP contribution in [0.1, 0.15) is 39.7 Å². The van der Waals surface area contributed by atoms with Crippen molar-refractivity contribution in [3.63, 3.8) is 0 Å². The molecule has 1 unspecified atom stereocenters. The Hall–Kier alpha value is -3.30. The Balaban J connectivity index is 1.89. The lowest BCUT2D eigenvalue weighted by Crippen LogP contribution is -2.55. The Morgan fingerprint density at radius 3 is 2.19 bits per heavy atom. The number of rotatable bonds is 9. The average Bonchev–Trinajstić information content (AvgIpc) is 2.83. The normalized spacial score (nSPS) is 12.9. The van der Waals surface area contributed by atoms with Crippen LogP contribution in [0.5, 0.6) is 0 Å². The van der Waals surface area contributed by atoms with Crippen molar-refractivity contribution in [2.45, 2.75) is 57.1 Å². The van der Waals surface area contributed by atoms with Crippen molar-refractivity contribution in [1.29, 1.82) is 0 Å². The van der Waals surface area contributed by atoms with Crippen LogP contribution in [-0.4, -0.2) is 54.6 Å². The Bertz CT molecular complexity index is 1370. The molecule has 2 amide bonds. The highest BCUT2D eigenvalue weighted by Gasteiger charge is 2.33. The third kappa shape index (κ3) is 7.14. The van der Waals surface area contributed by atoms with Crippen LogP contribution in [0.3, 0.4) is 0 Å². The number of hydrogen-bond acceptors (Lipinski definition) is 4. The van der Waals surface area contributed by atoms with Crippen molar-refractivity contribution in [2.75, 3.05) is 13.6 Å².